The normalized spacial score (nSPS) is 13.0. The minimum atomic E-state index is -0.0537. The van der Waals surface area contributed by atoms with Crippen LogP contribution in [0.2, 0.25) is 0 Å². The molecule has 24 heavy (non-hydrogen) atoms. The molecule has 0 saturated heterocycles. The van der Waals surface area contributed by atoms with E-state index in [9.17, 15) is 4.79 Å². The van der Waals surface area contributed by atoms with Crippen molar-refractivity contribution in [3.8, 4) is 5.69 Å². The standard InChI is InChI=1S/C16H15N5OS2/c22-14(9-23-16-19-17-10-24-16)18-15-12-7-4-8-13(12)20-21(15)11-5-2-1-3-6-11/h1-3,5-6,10H,4,7-9H2,(H,18,22). The fourth-order valence-electron chi connectivity index (χ4n) is 2.80. The van der Waals surface area contributed by atoms with Crippen LogP contribution in [0.5, 0.6) is 0 Å². The first-order valence-corrected chi connectivity index (χ1v) is 9.53. The molecule has 3 aromatic rings. The summed E-state index contributed by atoms with van der Waals surface area (Å²) in [6.07, 6.45) is 3.02. The first-order chi connectivity index (χ1) is 11.8. The predicted octanol–water partition coefficient (Wildman–Crippen LogP) is 2.94. The summed E-state index contributed by atoms with van der Waals surface area (Å²) in [5.41, 5.74) is 4.87. The topological polar surface area (TPSA) is 72.7 Å². The summed E-state index contributed by atoms with van der Waals surface area (Å²) < 4.78 is 2.64. The van der Waals surface area contributed by atoms with Gasteiger partial charge in [0.1, 0.15) is 11.3 Å². The number of benzene rings is 1. The van der Waals surface area contributed by atoms with Gasteiger partial charge in [0.2, 0.25) is 5.91 Å². The van der Waals surface area contributed by atoms with Gasteiger partial charge in [-0.25, -0.2) is 4.68 Å². The van der Waals surface area contributed by atoms with Gasteiger partial charge in [0.05, 0.1) is 17.1 Å². The van der Waals surface area contributed by atoms with Crippen molar-refractivity contribution in [1.29, 1.82) is 0 Å². The van der Waals surface area contributed by atoms with Crippen molar-refractivity contribution < 1.29 is 4.79 Å². The number of aryl methyl sites for hydroxylation is 1. The van der Waals surface area contributed by atoms with Crippen LogP contribution < -0.4 is 5.32 Å². The number of thioether (sulfide) groups is 1. The van der Waals surface area contributed by atoms with E-state index in [-0.39, 0.29) is 5.91 Å². The van der Waals surface area contributed by atoms with Gasteiger partial charge in [-0.1, -0.05) is 41.3 Å². The summed E-state index contributed by atoms with van der Waals surface area (Å²) in [6, 6.07) is 9.90. The second-order valence-corrected chi connectivity index (χ2v) is 7.47. The number of rotatable bonds is 5. The highest BCUT2D eigenvalue weighted by molar-refractivity contribution is 8.01. The molecule has 8 heteroatoms. The van der Waals surface area contributed by atoms with E-state index in [1.54, 1.807) is 5.51 Å². The van der Waals surface area contributed by atoms with Crippen molar-refractivity contribution in [3.63, 3.8) is 0 Å². The summed E-state index contributed by atoms with van der Waals surface area (Å²) in [5, 5.41) is 15.5. The third-order valence-electron chi connectivity index (χ3n) is 3.83. The Morgan fingerprint density at radius 3 is 2.96 bits per heavy atom. The highest BCUT2D eigenvalue weighted by Crippen LogP contribution is 2.31. The molecule has 1 aliphatic carbocycles. The van der Waals surface area contributed by atoms with Gasteiger partial charge in [0, 0.05) is 5.56 Å². The van der Waals surface area contributed by atoms with Crippen LogP contribution in [0.15, 0.2) is 40.2 Å². The molecule has 0 aliphatic heterocycles. The van der Waals surface area contributed by atoms with Gasteiger partial charge in [0.15, 0.2) is 4.34 Å². The van der Waals surface area contributed by atoms with E-state index >= 15 is 0 Å². The molecule has 2 aromatic heterocycles. The molecular weight excluding hydrogens is 342 g/mol. The Kier molecular flexibility index (Phi) is 4.31. The van der Waals surface area contributed by atoms with E-state index in [0.29, 0.717) is 5.75 Å². The molecule has 122 valence electrons. The van der Waals surface area contributed by atoms with Crippen LogP contribution in [-0.4, -0.2) is 31.6 Å². The summed E-state index contributed by atoms with van der Waals surface area (Å²) in [5.74, 6) is 1.06. The maximum Gasteiger partial charge on any atom is 0.235 e. The van der Waals surface area contributed by atoms with Gasteiger partial charge in [0.25, 0.3) is 0 Å². The molecule has 0 fully saturated rings. The van der Waals surface area contributed by atoms with Gasteiger partial charge < -0.3 is 5.32 Å². The first-order valence-electron chi connectivity index (χ1n) is 7.66. The number of carbonyl (C=O) groups is 1. The second-order valence-electron chi connectivity index (χ2n) is 5.42. The van der Waals surface area contributed by atoms with E-state index in [2.05, 4.69) is 15.5 Å². The molecule has 0 radical (unpaired) electrons. The molecule has 0 atom stereocenters. The molecule has 0 bridgehead atoms. The van der Waals surface area contributed by atoms with Gasteiger partial charge in [-0.2, -0.15) is 5.10 Å². The monoisotopic (exact) mass is 357 g/mol. The number of nitrogens with one attached hydrogen (secondary N) is 1. The Hall–Kier alpha value is -2.19. The van der Waals surface area contributed by atoms with Gasteiger partial charge >= 0.3 is 0 Å². The van der Waals surface area contributed by atoms with Crippen LogP contribution in [0.1, 0.15) is 17.7 Å². The van der Waals surface area contributed by atoms with Crippen LogP contribution in [0.4, 0.5) is 5.82 Å². The highest BCUT2D eigenvalue weighted by Gasteiger charge is 2.24. The molecular formula is C16H15N5OS2. The quantitative estimate of drug-likeness (QED) is 0.711. The highest BCUT2D eigenvalue weighted by atomic mass is 32.2. The molecule has 0 unspecified atom stereocenters. The van der Waals surface area contributed by atoms with E-state index in [1.807, 2.05) is 35.0 Å². The van der Waals surface area contributed by atoms with Crippen molar-refractivity contribution in [2.24, 2.45) is 0 Å². The Bertz CT molecular complexity index is 845. The fourth-order valence-corrected chi connectivity index (χ4v) is 4.09. The average molecular weight is 357 g/mol. The SMILES string of the molecule is O=C(CSc1nncs1)Nc1c2c(nn1-c1ccccc1)CCC2. The Morgan fingerprint density at radius 2 is 2.17 bits per heavy atom. The zero-order chi connectivity index (χ0) is 16.4. The van der Waals surface area contributed by atoms with Crippen molar-refractivity contribution in [3.05, 3.63) is 47.1 Å². The lowest BCUT2D eigenvalue weighted by atomic mass is 10.2. The average Bonchev–Trinajstić information content (AvgIpc) is 3.33. The third kappa shape index (κ3) is 3.07. The van der Waals surface area contributed by atoms with E-state index in [4.69, 9.17) is 5.10 Å². The molecule has 6 nitrogen and oxygen atoms in total. The Morgan fingerprint density at radius 1 is 1.29 bits per heavy atom. The van der Waals surface area contributed by atoms with Crippen molar-refractivity contribution in [2.45, 2.75) is 23.6 Å². The minimum Gasteiger partial charge on any atom is -0.310 e. The Balaban J connectivity index is 1.56. The van der Waals surface area contributed by atoms with E-state index < -0.39 is 0 Å². The van der Waals surface area contributed by atoms with Crippen LogP contribution in [0, 0.1) is 0 Å². The maximum atomic E-state index is 12.4. The van der Waals surface area contributed by atoms with Gasteiger partial charge in [-0.15, -0.1) is 10.2 Å². The molecule has 0 spiro atoms. The summed E-state index contributed by atoms with van der Waals surface area (Å²) in [4.78, 5) is 12.4. The molecule has 0 saturated carbocycles. The predicted molar refractivity (Wildman–Crippen MR) is 94.9 cm³/mol. The molecule has 1 N–H and O–H groups in total. The van der Waals surface area contributed by atoms with E-state index in [1.165, 1.54) is 23.1 Å². The number of hydrogen-bond donors (Lipinski definition) is 1. The first kappa shape index (κ1) is 15.3. The van der Waals surface area contributed by atoms with Crippen LogP contribution in [0.3, 0.4) is 0 Å². The van der Waals surface area contributed by atoms with Crippen molar-refractivity contribution >= 4 is 34.8 Å². The van der Waals surface area contributed by atoms with Crippen molar-refractivity contribution in [2.75, 3.05) is 11.1 Å². The number of aromatic nitrogens is 4. The second kappa shape index (κ2) is 6.74. The molecule has 1 aliphatic rings. The van der Waals surface area contributed by atoms with Crippen LogP contribution in [0.25, 0.3) is 5.69 Å². The number of amides is 1. The maximum absolute atomic E-state index is 12.4. The van der Waals surface area contributed by atoms with Gasteiger partial charge in [-0.05, 0) is 31.4 Å². The van der Waals surface area contributed by atoms with Crippen LogP contribution in [-0.2, 0) is 17.6 Å². The zero-order valence-electron chi connectivity index (χ0n) is 12.8. The third-order valence-corrected chi connectivity index (χ3v) is 5.69. The zero-order valence-corrected chi connectivity index (χ0v) is 14.4. The van der Waals surface area contributed by atoms with E-state index in [0.717, 1.165) is 46.4 Å². The lowest BCUT2D eigenvalue weighted by Gasteiger charge is -2.10. The smallest absolute Gasteiger partial charge is 0.235 e. The molecule has 4 rings (SSSR count). The fraction of sp³-hybridized carbons (Fsp3) is 0.250. The number of hydrogen-bond acceptors (Lipinski definition) is 6. The number of fused-ring (bicyclic) bond motifs is 1. The molecule has 2 heterocycles. The number of anilines is 1. The summed E-state index contributed by atoms with van der Waals surface area (Å²) in [6.45, 7) is 0. The molecule has 1 amide bonds. The Labute approximate surface area is 147 Å². The van der Waals surface area contributed by atoms with Crippen LogP contribution >= 0.6 is 23.1 Å². The summed E-state index contributed by atoms with van der Waals surface area (Å²) in [7, 11) is 0. The number of nitrogens with zero attached hydrogens (tertiary/aromatic N) is 4. The lowest BCUT2D eigenvalue weighted by Crippen LogP contribution is -2.18. The number of carbonyl (C=O) groups excluding carboxylic acids is 1. The largest absolute Gasteiger partial charge is 0.310 e. The minimum absolute atomic E-state index is 0.0537. The summed E-state index contributed by atoms with van der Waals surface area (Å²) >= 11 is 2.83. The lowest BCUT2D eigenvalue weighted by molar-refractivity contribution is -0.113. The number of para-hydroxylation sites is 1. The van der Waals surface area contributed by atoms with Crippen molar-refractivity contribution in [1.82, 2.24) is 20.0 Å². The molecule has 1 aromatic carbocycles. The van der Waals surface area contributed by atoms with Gasteiger partial charge in [-0.3, -0.25) is 4.79 Å².